The zero-order valence-corrected chi connectivity index (χ0v) is 12.0. The highest BCUT2D eigenvalue weighted by atomic mass is 32.2. The van der Waals surface area contributed by atoms with Gasteiger partial charge < -0.3 is 10.4 Å². The van der Waals surface area contributed by atoms with Crippen LogP contribution in [0.3, 0.4) is 0 Å². The van der Waals surface area contributed by atoms with E-state index in [9.17, 15) is 4.79 Å². The van der Waals surface area contributed by atoms with Gasteiger partial charge in [-0.1, -0.05) is 26.0 Å². The maximum Gasteiger partial charge on any atom is 0.320 e. The summed E-state index contributed by atoms with van der Waals surface area (Å²) in [5.41, 5.74) is 1.11. The van der Waals surface area contributed by atoms with E-state index in [1.54, 1.807) is 11.8 Å². The predicted octanol–water partition coefficient (Wildman–Crippen LogP) is 3.00. The number of rotatable bonds is 7. The molecule has 1 atom stereocenters. The van der Waals surface area contributed by atoms with Crippen LogP contribution in [-0.4, -0.2) is 23.4 Å². The van der Waals surface area contributed by atoms with Gasteiger partial charge in [-0.3, -0.25) is 4.79 Å². The minimum atomic E-state index is -0.774. The molecule has 0 saturated carbocycles. The van der Waals surface area contributed by atoms with Gasteiger partial charge in [0.15, 0.2) is 0 Å². The third-order valence-electron chi connectivity index (χ3n) is 2.72. The van der Waals surface area contributed by atoms with Crippen LogP contribution < -0.4 is 5.32 Å². The molecule has 0 fully saturated rings. The Hall–Kier alpha value is -1.00. The molecule has 100 valence electrons. The van der Waals surface area contributed by atoms with Crippen LogP contribution in [0, 0.1) is 5.92 Å². The molecule has 0 saturated heterocycles. The molecule has 0 amide bonds. The highest BCUT2D eigenvalue weighted by Crippen LogP contribution is 2.15. The van der Waals surface area contributed by atoms with E-state index >= 15 is 0 Å². The monoisotopic (exact) mass is 267 g/mol. The predicted molar refractivity (Wildman–Crippen MR) is 75.9 cm³/mol. The Morgan fingerprint density at radius 1 is 1.33 bits per heavy atom. The van der Waals surface area contributed by atoms with Crippen molar-refractivity contribution >= 4 is 17.7 Å². The average Bonchev–Trinajstić information content (AvgIpc) is 2.34. The first kappa shape index (κ1) is 15.1. The van der Waals surface area contributed by atoms with Crippen LogP contribution in [0.15, 0.2) is 29.2 Å². The number of hydrogen-bond acceptors (Lipinski definition) is 3. The van der Waals surface area contributed by atoms with E-state index in [2.05, 4.69) is 17.4 Å². The molecular weight excluding hydrogens is 246 g/mol. The first-order valence-corrected chi connectivity index (χ1v) is 7.34. The summed E-state index contributed by atoms with van der Waals surface area (Å²) in [6, 6.07) is 7.71. The van der Waals surface area contributed by atoms with Crippen LogP contribution >= 0.6 is 11.8 Å². The van der Waals surface area contributed by atoms with E-state index in [1.807, 2.05) is 32.2 Å². The van der Waals surface area contributed by atoms with Gasteiger partial charge in [-0.25, -0.2) is 0 Å². The molecule has 1 aromatic rings. The fraction of sp³-hybridized carbons (Fsp3) is 0.500. The fourth-order valence-electron chi connectivity index (χ4n) is 1.73. The lowest BCUT2D eigenvalue weighted by atomic mass is 10.0. The molecule has 0 aromatic heterocycles. The molecule has 0 aliphatic heterocycles. The van der Waals surface area contributed by atoms with Crippen molar-refractivity contribution in [3.8, 4) is 0 Å². The highest BCUT2D eigenvalue weighted by molar-refractivity contribution is 7.98. The second kappa shape index (κ2) is 7.44. The molecule has 1 aromatic carbocycles. The van der Waals surface area contributed by atoms with Crippen molar-refractivity contribution in [1.82, 2.24) is 5.32 Å². The molecule has 2 N–H and O–H groups in total. The first-order valence-electron chi connectivity index (χ1n) is 6.12. The van der Waals surface area contributed by atoms with Gasteiger partial charge in [0.2, 0.25) is 0 Å². The summed E-state index contributed by atoms with van der Waals surface area (Å²) in [7, 11) is 0. The minimum absolute atomic E-state index is 0.373. The third kappa shape index (κ3) is 5.10. The molecule has 1 rings (SSSR count). The van der Waals surface area contributed by atoms with Crippen LogP contribution in [0.1, 0.15) is 25.8 Å². The van der Waals surface area contributed by atoms with Crippen molar-refractivity contribution in [2.45, 2.75) is 37.8 Å². The molecule has 0 aliphatic carbocycles. The molecule has 0 bridgehead atoms. The summed E-state index contributed by atoms with van der Waals surface area (Å²) in [6.45, 7) is 4.66. The smallest absolute Gasteiger partial charge is 0.320 e. The van der Waals surface area contributed by atoms with E-state index in [0.29, 0.717) is 18.9 Å². The summed E-state index contributed by atoms with van der Waals surface area (Å²) < 4.78 is 0. The van der Waals surface area contributed by atoms with Gasteiger partial charge >= 0.3 is 5.97 Å². The second-order valence-electron chi connectivity index (χ2n) is 4.75. The van der Waals surface area contributed by atoms with E-state index in [0.717, 1.165) is 5.56 Å². The lowest BCUT2D eigenvalue weighted by molar-refractivity contribution is -0.140. The lowest BCUT2D eigenvalue weighted by Crippen LogP contribution is -2.37. The topological polar surface area (TPSA) is 49.3 Å². The molecule has 0 aliphatic rings. The first-order chi connectivity index (χ1) is 8.52. The van der Waals surface area contributed by atoms with Crippen LogP contribution in [0.5, 0.6) is 0 Å². The molecule has 1 unspecified atom stereocenters. The highest BCUT2D eigenvalue weighted by Gasteiger charge is 2.17. The Kier molecular flexibility index (Phi) is 6.22. The van der Waals surface area contributed by atoms with Crippen LogP contribution in [-0.2, 0) is 11.3 Å². The Bertz CT molecular complexity index is 376. The van der Waals surface area contributed by atoms with E-state index in [1.165, 1.54) is 4.90 Å². The standard InChI is InChI=1S/C14H21NO2S/c1-10(2)8-13(14(16)17)15-9-11-4-6-12(18-3)7-5-11/h4-7,10,13,15H,8-9H2,1-3H3,(H,16,17). The maximum atomic E-state index is 11.1. The molecule has 0 heterocycles. The maximum absolute atomic E-state index is 11.1. The number of aliphatic carboxylic acids is 1. The average molecular weight is 267 g/mol. The van der Waals surface area contributed by atoms with E-state index in [-0.39, 0.29) is 0 Å². The van der Waals surface area contributed by atoms with Gasteiger partial charge in [-0.15, -0.1) is 11.8 Å². The van der Waals surface area contributed by atoms with Crippen LogP contribution in [0.4, 0.5) is 0 Å². The van der Waals surface area contributed by atoms with E-state index < -0.39 is 12.0 Å². The van der Waals surface area contributed by atoms with Crippen LogP contribution in [0.2, 0.25) is 0 Å². The molecule has 0 radical (unpaired) electrons. The third-order valence-corrected chi connectivity index (χ3v) is 3.46. The number of nitrogens with one attached hydrogen (secondary N) is 1. The van der Waals surface area contributed by atoms with Gasteiger partial charge in [-0.05, 0) is 36.3 Å². The quantitative estimate of drug-likeness (QED) is 0.746. The summed E-state index contributed by atoms with van der Waals surface area (Å²) >= 11 is 1.70. The second-order valence-corrected chi connectivity index (χ2v) is 5.63. The summed E-state index contributed by atoms with van der Waals surface area (Å²) in [4.78, 5) is 12.3. The van der Waals surface area contributed by atoms with Gasteiger partial charge in [0.1, 0.15) is 6.04 Å². The van der Waals surface area contributed by atoms with Crippen molar-refractivity contribution in [3.63, 3.8) is 0 Å². The largest absolute Gasteiger partial charge is 0.480 e. The molecular formula is C14H21NO2S. The van der Waals surface area contributed by atoms with Gasteiger partial charge in [0.25, 0.3) is 0 Å². The lowest BCUT2D eigenvalue weighted by Gasteiger charge is -2.16. The van der Waals surface area contributed by atoms with Crippen molar-refractivity contribution in [2.24, 2.45) is 5.92 Å². The minimum Gasteiger partial charge on any atom is -0.480 e. The number of hydrogen-bond donors (Lipinski definition) is 2. The van der Waals surface area contributed by atoms with Crippen LogP contribution in [0.25, 0.3) is 0 Å². The fourth-order valence-corrected chi connectivity index (χ4v) is 2.14. The number of carbonyl (C=O) groups is 1. The normalized spacial score (nSPS) is 12.7. The SMILES string of the molecule is CSc1ccc(CNC(CC(C)C)C(=O)O)cc1. The summed E-state index contributed by atoms with van der Waals surface area (Å²) in [6.07, 6.45) is 2.69. The molecule has 0 spiro atoms. The summed E-state index contributed by atoms with van der Waals surface area (Å²) in [5.74, 6) is -0.401. The Morgan fingerprint density at radius 2 is 1.94 bits per heavy atom. The number of thioether (sulfide) groups is 1. The Balaban J connectivity index is 2.52. The van der Waals surface area contributed by atoms with E-state index in [4.69, 9.17) is 5.11 Å². The zero-order valence-electron chi connectivity index (χ0n) is 11.1. The van der Waals surface area contributed by atoms with Gasteiger partial charge in [-0.2, -0.15) is 0 Å². The van der Waals surface area contributed by atoms with Crippen molar-refractivity contribution in [2.75, 3.05) is 6.26 Å². The summed E-state index contributed by atoms with van der Waals surface area (Å²) in [5, 5.41) is 12.2. The number of carboxylic acid groups (broad SMARTS) is 1. The molecule has 3 nitrogen and oxygen atoms in total. The number of benzene rings is 1. The van der Waals surface area contributed by atoms with Gasteiger partial charge in [0.05, 0.1) is 0 Å². The van der Waals surface area contributed by atoms with Crippen molar-refractivity contribution < 1.29 is 9.90 Å². The van der Waals surface area contributed by atoms with Gasteiger partial charge in [0, 0.05) is 11.4 Å². The molecule has 4 heteroatoms. The van der Waals surface area contributed by atoms with Crippen molar-refractivity contribution in [3.05, 3.63) is 29.8 Å². The Labute approximate surface area is 113 Å². The molecule has 18 heavy (non-hydrogen) atoms. The Morgan fingerprint density at radius 3 is 2.39 bits per heavy atom. The zero-order chi connectivity index (χ0) is 13.5. The number of carboxylic acids is 1. The van der Waals surface area contributed by atoms with Crippen molar-refractivity contribution in [1.29, 1.82) is 0 Å².